The first kappa shape index (κ1) is 13.2. The van der Waals surface area contributed by atoms with Crippen LogP contribution in [-0.2, 0) is 0 Å². The maximum Gasteiger partial charge on any atom is 0.273 e. The molecule has 1 aromatic heterocycles. The highest BCUT2D eigenvalue weighted by Crippen LogP contribution is 2.30. The van der Waals surface area contributed by atoms with Crippen molar-refractivity contribution >= 4 is 16.8 Å². The van der Waals surface area contributed by atoms with Gasteiger partial charge in [0.2, 0.25) is 0 Å². The highest BCUT2D eigenvalue weighted by molar-refractivity contribution is 6.04. The normalized spacial score (nSPS) is 20.6. The van der Waals surface area contributed by atoms with Gasteiger partial charge in [-0.05, 0) is 30.4 Å². The van der Waals surface area contributed by atoms with E-state index >= 15 is 0 Å². The molecule has 1 aromatic carbocycles. The van der Waals surface area contributed by atoms with Gasteiger partial charge in [0.25, 0.3) is 5.91 Å². The van der Waals surface area contributed by atoms with E-state index < -0.39 is 0 Å². The predicted molar refractivity (Wildman–Crippen MR) is 85.4 cm³/mol. The quantitative estimate of drug-likeness (QED) is 0.811. The molecule has 4 heteroatoms. The minimum atomic E-state index is 0.00695. The zero-order chi connectivity index (χ0) is 14.9. The van der Waals surface area contributed by atoms with Crippen LogP contribution in [0.4, 0.5) is 0 Å². The van der Waals surface area contributed by atoms with Gasteiger partial charge in [-0.3, -0.25) is 4.79 Å². The molecule has 22 heavy (non-hydrogen) atoms. The lowest BCUT2D eigenvalue weighted by Gasteiger charge is -2.35. The third-order valence-electron chi connectivity index (χ3n) is 4.54. The van der Waals surface area contributed by atoms with Gasteiger partial charge < -0.3 is 4.90 Å². The highest BCUT2D eigenvalue weighted by Gasteiger charge is 2.28. The van der Waals surface area contributed by atoms with Gasteiger partial charge in [0.05, 0.1) is 5.52 Å². The number of nitrogens with zero attached hydrogens (tertiary/aromatic N) is 3. The Morgan fingerprint density at radius 1 is 1.23 bits per heavy atom. The van der Waals surface area contributed by atoms with Crippen LogP contribution < -0.4 is 0 Å². The van der Waals surface area contributed by atoms with Crippen molar-refractivity contribution in [3.05, 3.63) is 60.1 Å². The molecule has 110 valence electrons. The monoisotopic (exact) mass is 291 g/mol. The van der Waals surface area contributed by atoms with E-state index in [1.807, 2.05) is 29.2 Å². The Hall–Kier alpha value is -2.49. The molecule has 0 spiro atoms. The molecule has 1 fully saturated rings. The molecule has 0 bridgehead atoms. The van der Waals surface area contributed by atoms with Gasteiger partial charge >= 0.3 is 0 Å². The number of rotatable bonds is 1. The third kappa shape index (κ3) is 2.21. The number of piperidine rings is 1. The second-order valence-corrected chi connectivity index (χ2v) is 5.86. The van der Waals surface area contributed by atoms with Crippen LogP contribution in [0.3, 0.4) is 0 Å². The van der Waals surface area contributed by atoms with Crippen LogP contribution >= 0.6 is 0 Å². The summed E-state index contributed by atoms with van der Waals surface area (Å²) in [6.07, 6.45) is 10.1. The van der Waals surface area contributed by atoms with Crippen molar-refractivity contribution in [2.45, 2.75) is 12.8 Å². The van der Waals surface area contributed by atoms with Crippen LogP contribution in [0.5, 0.6) is 0 Å². The third-order valence-corrected chi connectivity index (χ3v) is 4.54. The summed E-state index contributed by atoms with van der Waals surface area (Å²) in [6.45, 7) is 1.51. The summed E-state index contributed by atoms with van der Waals surface area (Å²) in [5, 5.41) is 0.828. The van der Waals surface area contributed by atoms with Crippen LogP contribution in [0.1, 0.15) is 23.3 Å². The summed E-state index contributed by atoms with van der Waals surface area (Å²) >= 11 is 0. The maximum atomic E-state index is 12.9. The van der Waals surface area contributed by atoms with Gasteiger partial charge in [0.15, 0.2) is 0 Å². The zero-order valence-corrected chi connectivity index (χ0v) is 12.3. The number of benzene rings is 1. The number of hydrogen-bond acceptors (Lipinski definition) is 3. The fraction of sp³-hybridized carbons (Fsp3) is 0.278. The molecule has 1 amide bonds. The Bertz CT molecular complexity index is 789. The summed E-state index contributed by atoms with van der Waals surface area (Å²) in [5.74, 6) is 0.615. The molecule has 1 aliphatic carbocycles. The van der Waals surface area contributed by atoms with Crippen molar-refractivity contribution in [1.29, 1.82) is 0 Å². The van der Waals surface area contributed by atoms with Crippen molar-refractivity contribution in [3.8, 4) is 0 Å². The molecule has 1 aliphatic heterocycles. The number of para-hydroxylation sites is 1. The topological polar surface area (TPSA) is 46.1 Å². The van der Waals surface area contributed by atoms with E-state index in [1.165, 1.54) is 11.9 Å². The molecule has 0 saturated carbocycles. The minimum absolute atomic E-state index is 0.00695. The maximum absolute atomic E-state index is 12.9. The Balaban J connectivity index is 1.66. The smallest absolute Gasteiger partial charge is 0.273 e. The van der Waals surface area contributed by atoms with Gasteiger partial charge in [0, 0.05) is 18.5 Å². The number of amides is 1. The van der Waals surface area contributed by atoms with Crippen LogP contribution in [0.25, 0.3) is 10.9 Å². The van der Waals surface area contributed by atoms with Crippen LogP contribution in [0, 0.1) is 5.92 Å². The molecule has 2 aromatic rings. The molecule has 2 heterocycles. The summed E-state index contributed by atoms with van der Waals surface area (Å²) in [5.41, 5.74) is 2.69. The Morgan fingerprint density at radius 3 is 3.09 bits per heavy atom. The lowest BCUT2D eigenvalue weighted by molar-refractivity contribution is 0.0731. The van der Waals surface area contributed by atoms with Gasteiger partial charge in [-0.15, -0.1) is 0 Å². The molecule has 1 saturated heterocycles. The lowest BCUT2D eigenvalue weighted by Crippen LogP contribution is -2.40. The molecular formula is C18H17N3O. The molecule has 4 nitrogen and oxygen atoms in total. The Labute approximate surface area is 129 Å². The Morgan fingerprint density at radius 2 is 2.14 bits per heavy atom. The van der Waals surface area contributed by atoms with E-state index in [2.05, 4.69) is 28.2 Å². The second kappa shape index (κ2) is 5.37. The van der Waals surface area contributed by atoms with Crippen molar-refractivity contribution in [2.75, 3.05) is 13.1 Å². The Kier molecular flexibility index (Phi) is 3.22. The molecule has 0 radical (unpaired) electrons. The van der Waals surface area contributed by atoms with Crippen molar-refractivity contribution in [2.24, 2.45) is 5.92 Å². The molecule has 2 aliphatic rings. The van der Waals surface area contributed by atoms with Crippen LogP contribution in [0.15, 0.2) is 54.4 Å². The van der Waals surface area contributed by atoms with Crippen molar-refractivity contribution < 1.29 is 4.79 Å². The van der Waals surface area contributed by atoms with Gasteiger partial charge in [-0.25, -0.2) is 9.97 Å². The fourth-order valence-electron chi connectivity index (χ4n) is 3.32. The number of allylic oxidation sites excluding steroid dienone is 3. The first-order chi connectivity index (χ1) is 10.8. The number of carbonyl (C=O) groups excluding carboxylic acids is 1. The molecule has 1 unspecified atom stereocenters. The van der Waals surface area contributed by atoms with Crippen molar-refractivity contribution in [3.63, 3.8) is 0 Å². The largest absolute Gasteiger partial charge is 0.333 e. The van der Waals surface area contributed by atoms with Crippen LogP contribution in [-0.4, -0.2) is 33.9 Å². The predicted octanol–water partition coefficient (Wildman–Crippen LogP) is 2.98. The highest BCUT2D eigenvalue weighted by atomic mass is 16.2. The SMILES string of the molecule is O=C(c1ncnc2ccccc12)N1CCC2CC=CC=C2C1. The van der Waals surface area contributed by atoms with E-state index in [-0.39, 0.29) is 5.91 Å². The standard InChI is InChI=1S/C18H17N3O/c22-18(17-15-7-3-4-8-16(15)19-12-20-17)21-10-9-13-5-1-2-6-14(13)11-21/h1-4,6-8,12-13H,5,9-11H2. The average molecular weight is 291 g/mol. The molecule has 4 rings (SSSR count). The number of fused-ring (bicyclic) bond motifs is 2. The van der Waals surface area contributed by atoms with E-state index in [9.17, 15) is 4.79 Å². The van der Waals surface area contributed by atoms with Gasteiger partial charge in [0.1, 0.15) is 12.0 Å². The van der Waals surface area contributed by atoms with E-state index in [4.69, 9.17) is 0 Å². The number of carbonyl (C=O) groups is 1. The van der Waals surface area contributed by atoms with Crippen LogP contribution in [0.2, 0.25) is 0 Å². The summed E-state index contributed by atoms with van der Waals surface area (Å²) < 4.78 is 0. The van der Waals surface area contributed by atoms with E-state index in [0.717, 1.165) is 30.3 Å². The van der Waals surface area contributed by atoms with Gasteiger partial charge in [-0.2, -0.15) is 0 Å². The second-order valence-electron chi connectivity index (χ2n) is 5.86. The minimum Gasteiger partial charge on any atom is -0.333 e. The number of hydrogen-bond donors (Lipinski definition) is 0. The number of aromatic nitrogens is 2. The first-order valence-corrected chi connectivity index (χ1v) is 7.67. The van der Waals surface area contributed by atoms with E-state index in [1.54, 1.807) is 0 Å². The first-order valence-electron chi connectivity index (χ1n) is 7.67. The van der Waals surface area contributed by atoms with Crippen molar-refractivity contribution in [1.82, 2.24) is 14.9 Å². The number of likely N-dealkylation sites (tertiary alicyclic amines) is 1. The summed E-state index contributed by atoms with van der Waals surface area (Å²) in [4.78, 5) is 23.3. The fourth-order valence-corrected chi connectivity index (χ4v) is 3.32. The molecule has 1 atom stereocenters. The summed E-state index contributed by atoms with van der Waals surface area (Å²) in [7, 11) is 0. The van der Waals surface area contributed by atoms with Gasteiger partial charge in [-0.1, -0.05) is 36.4 Å². The summed E-state index contributed by atoms with van der Waals surface area (Å²) in [6, 6.07) is 7.67. The average Bonchev–Trinajstić information content (AvgIpc) is 2.60. The van der Waals surface area contributed by atoms with E-state index in [0.29, 0.717) is 18.2 Å². The molecular weight excluding hydrogens is 274 g/mol. The lowest BCUT2D eigenvalue weighted by atomic mass is 9.85. The zero-order valence-electron chi connectivity index (χ0n) is 12.3. The molecule has 0 N–H and O–H groups in total.